The summed E-state index contributed by atoms with van der Waals surface area (Å²) in [6.45, 7) is 6.03. The highest BCUT2D eigenvalue weighted by molar-refractivity contribution is 7.98. The number of phenolic OH excluding ortho intramolecular Hbond substituents is 1. The number of hydrogen-bond acceptors (Lipinski definition) is 7. The third-order valence-corrected chi connectivity index (χ3v) is 5.63. The number of aromatic hydroxyl groups is 1. The topological polar surface area (TPSA) is 94.0 Å². The molecule has 2 aromatic heterocycles. The van der Waals surface area contributed by atoms with Crippen LogP contribution in [0.3, 0.4) is 0 Å². The van der Waals surface area contributed by atoms with Crippen molar-refractivity contribution in [2.45, 2.75) is 38.1 Å². The molecule has 8 heteroatoms. The molecule has 0 saturated carbocycles. The Morgan fingerprint density at radius 1 is 1.07 bits per heavy atom. The third-order valence-electron chi connectivity index (χ3n) is 4.66. The minimum absolute atomic E-state index is 0.131. The maximum atomic E-state index is 12.0. The van der Waals surface area contributed by atoms with Crippen LogP contribution in [0.2, 0.25) is 0 Å². The molecule has 0 radical (unpaired) electrons. The molecular formula is C21H20N4O3S. The van der Waals surface area contributed by atoms with Crippen molar-refractivity contribution in [1.82, 2.24) is 20.2 Å². The molecule has 0 saturated heterocycles. The van der Waals surface area contributed by atoms with Crippen LogP contribution in [0.4, 0.5) is 0 Å². The predicted octanol–water partition coefficient (Wildman–Crippen LogP) is 3.95. The van der Waals surface area contributed by atoms with E-state index in [-0.39, 0.29) is 5.75 Å². The highest BCUT2D eigenvalue weighted by atomic mass is 32.2. The number of benzene rings is 2. The molecular weight excluding hydrogens is 388 g/mol. The van der Waals surface area contributed by atoms with Crippen molar-refractivity contribution < 1.29 is 9.52 Å². The van der Waals surface area contributed by atoms with Gasteiger partial charge in [-0.05, 0) is 71.1 Å². The van der Waals surface area contributed by atoms with E-state index in [4.69, 9.17) is 4.42 Å². The van der Waals surface area contributed by atoms with Gasteiger partial charge in [0.05, 0.1) is 5.69 Å². The summed E-state index contributed by atoms with van der Waals surface area (Å²) in [5, 5.41) is 23.6. The summed E-state index contributed by atoms with van der Waals surface area (Å²) in [5.74, 6) is 0.619. The van der Waals surface area contributed by atoms with Crippen LogP contribution >= 0.6 is 11.8 Å². The van der Waals surface area contributed by atoms with Crippen molar-refractivity contribution in [2.75, 3.05) is 0 Å². The minimum atomic E-state index is -0.453. The largest absolute Gasteiger partial charge is 0.508 e. The zero-order chi connectivity index (χ0) is 20.5. The standard InChI is InChI=1S/C21H20N4O3S/c1-4-14-8-17-15(9-20(27)28-19(17)10-18(14)26)11-29-21-22-23-24-25(21)16-6-12(2)5-13(3)7-16/h5-10,26H,4,11H2,1-3H3. The number of thioether (sulfide) groups is 1. The molecule has 1 N–H and O–H groups in total. The number of phenols is 1. The molecule has 0 bridgehead atoms. The number of aryl methyl sites for hydroxylation is 3. The summed E-state index contributed by atoms with van der Waals surface area (Å²) in [5.41, 5.74) is 4.69. The van der Waals surface area contributed by atoms with Crippen molar-refractivity contribution >= 4 is 22.7 Å². The van der Waals surface area contributed by atoms with Crippen LogP contribution in [0.25, 0.3) is 16.7 Å². The van der Waals surface area contributed by atoms with E-state index in [1.807, 2.05) is 39.0 Å². The monoisotopic (exact) mass is 408 g/mol. The number of aromatic nitrogens is 4. The van der Waals surface area contributed by atoms with E-state index < -0.39 is 5.63 Å². The summed E-state index contributed by atoms with van der Waals surface area (Å²) >= 11 is 1.44. The Morgan fingerprint density at radius 3 is 2.55 bits per heavy atom. The predicted molar refractivity (Wildman–Crippen MR) is 112 cm³/mol. The molecule has 7 nitrogen and oxygen atoms in total. The Hall–Kier alpha value is -3.13. The van der Waals surface area contributed by atoms with Gasteiger partial charge in [-0.3, -0.25) is 0 Å². The summed E-state index contributed by atoms with van der Waals surface area (Å²) in [4.78, 5) is 12.0. The van der Waals surface area contributed by atoms with E-state index in [2.05, 4.69) is 21.6 Å². The quantitative estimate of drug-likeness (QED) is 0.395. The lowest BCUT2D eigenvalue weighted by atomic mass is 10.1. The van der Waals surface area contributed by atoms with Crippen molar-refractivity contribution in [3.8, 4) is 11.4 Å². The Bertz CT molecular complexity index is 1240. The van der Waals surface area contributed by atoms with Gasteiger partial charge in [-0.15, -0.1) is 5.10 Å². The van der Waals surface area contributed by atoms with Crippen molar-refractivity contribution in [3.63, 3.8) is 0 Å². The van der Waals surface area contributed by atoms with Crippen LogP contribution < -0.4 is 5.63 Å². The molecule has 0 amide bonds. The van der Waals surface area contributed by atoms with Crippen LogP contribution in [0.5, 0.6) is 5.75 Å². The van der Waals surface area contributed by atoms with Crippen LogP contribution in [0, 0.1) is 13.8 Å². The fraction of sp³-hybridized carbons (Fsp3) is 0.238. The smallest absolute Gasteiger partial charge is 0.336 e. The minimum Gasteiger partial charge on any atom is -0.508 e. The summed E-state index contributed by atoms with van der Waals surface area (Å²) in [6.07, 6.45) is 0.679. The van der Waals surface area contributed by atoms with E-state index in [1.165, 1.54) is 23.9 Å². The number of nitrogens with zero attached hydrogens (tertiary/aromatic N) is 4. The van der Waals surface area contributed by atoms with Gasteiger partial charge in [-0.1, -0.05) is 24.8 Å². The van der Waals surface area contributed by atoms with Crippen LogP contribution in [-0.2, 0) is 12.2 Å². The lowest BCUT2D eigenvalue weighted by Gasteiger charge is -2.09. The Labute approximate surface area is 171 Å². The average Bonchev–Trinajstić information content (AvgIpc) is 3.13. The SMILES string of the molecule is CCc1cc2c(CSc3nnnn3-c3cc(C)cc(C)c3)cc(=O)oc2cc1O. The van der Waals surface area contributed by atoms with Crippen molar-refractivity contribution in [1.29, 1.82) is 0 Å². The second-order valence-corrected chi connectivity index (χ2v) is 7.87. The van der Waals surface area contributed by atoms with E-state index in [1.54, 1.807) is 4.68 Å². The van der Waals surface area contributed by atoms with Gasteiger partial charge in [0.15, 0.2) is 0 Å². The van der Waals surface area contributed by atoms with Crippen LogP contribution in [0.15, 0.2) is 50.8 Å². The van der Waals surface area contributed by atoms with Gasteiger partial charge in [-0.25, -0.2) is 4.79 Å². The normalized spacial score (nSPS) is 11.3. The first kappa shape index (κ1) is 19.2. The Balaban J connectivity index is 1.69. The molecule has 0 aliphatic carbocycles. The first-order valence-electron chi connectivity index (χ1n) is 9.23. The molecule has 0 aliphatic heterocycles. The van der Waals surface area contributed by atoms with E-state index in [0.29, 0.717) is 22.9 Å². The average molecular weight is 408 g/mol. The molecule has 29 heavy (non-hydrogen) atoms. The highest BCUT2D eigenvalue weighted by Crippen LogP contribution is 2.30. The molecule has 2 aromatic carbocycles. The molecule has 148 valence electrons. The van der Waals surface area contributed by atoms with Gasteiger partial charge in [0.25, 0.3) is 0 Å². The maximum absolute atomic E-state index is 12.0. The Kier molecular flexibility index (Phi) is 5.10. The number of rotatable bonds is 5. The van der Waals surface area contributed by atoms with Gasteiger partial charge >= 0.3 is 5.63 Å². The van der Waals surface area contributed by atoms with Crippen LogP contribution in [-0.4, -0.2) is 25.3 Å². The van der Waals surface area contributed by atoms with Crippen LogP contribution in [0.1, 0.15) is 29.2 Å². The van der Waals surface area contributed by atoms with E-state index >= 15 is 0 Å². The van der Waals surface area contributed by atoms with Gasteiger partial charge in [0.1, 0.15) is 11.3 Å². The fourth-order valence-electron chi connectivity index (χ4n) is 3.36. The second-order valence-electron chi connectivity index (χ2n) is 6.93. The lowest BCUT2D eigenvalue weighted by Crippen LogP contribution is -2.02. The molecule has 0 unspecified atom stereocenters. The van der Waals surface area contributed by atoms with Gasteiger partial charge in [0.2, 0.25) is 5.16 Å². The summed E-state index contributed by atoms with van der Waals surface area (Å²) in [6, 6.07) is 11.0. The van der Waals surface area contributed by atoms with E-state index in [9.17, 15) is 9.90 Å². The van der Waals surface area contributed by atoms with E-state index in [0.717, 1.165) is 33.3 Å². The zero-order valence-corrected chi connectivity index (χ0v) is 17.2. The second kappa shape index (κ2) is 7.71. The maximum Gasteiger partial charge on any atom is 0.336 e. The zero-order valence-electron chi connectivity index (χ0n) is 16.3. The molecule has 4 rings (SSSR count). The molecule has 0 atom stereocenters. The third kappa shape index (κ3) is 3.88. The lowest BCUT2D eigenvalue weighted by molar-refractivity contribution is 0.466. The molecule has 4 aromatic rings. The molecule has 0 spiro atoms. The van der Waals surface area contributed by atoms with Gasteiger partial charge in [0, 0.05) is 23.3 Å². The first-order chi connectivity index (χ1) is 13.9. The van der Waals surface area contributed by atoms with Crippen molar-refractivity contribution in [3.05, 3.63) is 69.1 Å². The molecule has 0 fully saturated rings. The highest BCUT2D eigenvalue weighted by Gasteiger charge is 2.14. The Morgan fingerprint density at radius 2 is 1.83 bits per heavy atom. The van der Waals surface area contributed by atoms with Crippen molar-refractivity contribution in [2.24, 2.45) is 0 Å². The summed E-state index contributed by atoms with van der Waals surface area (Å²) in [7, 11) is 0. The number of tetrazole rings is 1. The summed E-state index contributed by atoms with van der Waals surface area (Å²) < 4.78 is 6.96. The van der Waals surface area contributed by atoms with Gasteiger partial charge in [-0.2, -0.15) is 4.68 Å². The number of hydrogen-bond donors (Lipinski definition) is 1. The molecule has 0 aliphatic rings. The molecule has 2 heterocycles. The van der Waals surface area contributed by atoms with Gasteiger partial charge < -0.3 is 9.52 Å². The fourth-order valence-corrected chi connectivity index (χ4v) is 4.24. The number of fused-ring (bicyclic) bond motifs is 1. The first-order valence-corrected chi connectivity index (χ1v) is 10.2.